The fourth-order valence-corrected chi connectivity index (χ4v) is 11.0. The second kappa shape index (κ2) is 14.3. The van der Waals surface area contributed by atoms with Gasteiger partial charge in [0.15, 0.2) is 5.82 Å². The van der Waals surface area contributed by atoms with E-state index in [1.165, 1.54) is 69.9 Å². The number of aromatic nitrogens is 2. The number of thiophene rings is 1. The zero-order valence-corrected chi connectivity index (χ0v) is 35.2. The van der Waals surface area contributed by atoms with Crippen LogP contribution in [0.3, 0.4) is 0 Å². The monoisotopic (exact) mass is 808 g/mol. The third-order valence-electron chi connectivity index (χ3n) is 12.9. The number of rotatable bonds is 6. The molecule has 0 saturated heterocycles. The van der Waals surface area contributed by atoms with Gasteiger partial charge in [-0.1, -0.05) is 178 Å². The Morgan fingerprint density at radius 1 is 0.355 bits per heavy atom. The molecule has 0 bridgehead atoms. The largest absolute Gasteiger partial charge is 0.228 e. The zero-order chi connectivity index (χ0) is 41.4. The maximum absolute atomic E-state index is 5.38. The first kappa shape index (κ1) is 36.4. The van der Waals surface area contributed by atoms with Crippen molar-refractivity contribution in [2.45, 2.75) is 19.3 Å². The molecule has 0 saturated carbocycles. The van der Waals surface area contributed by atoms with Gasteiger partial charge in [0, 0.05) is 42.3 Å². The number of hydrogen-bond donors (Lipinski definition) is 0. The van der Waals surface area contributed by atoms with E-state index in [2.05, 4.69) is 214 Å². The Labute approximate surface area is 365 Å². The van der Waals surface area contributed by atoms with E-state index >= 15 is 0 Å². The van der Waals surface area contributed by atoms with Crippen LogP contribution in [0.5, 0.6) is 0 Å². The minimum atomic E-state index is -0.0758. The fraction of sp³-hybridized carbons (Fsp3) is 0.0508. The second-order valence-electron chi connectivity index (χ2n) is 16.9. The fourth-order valence-electron chi connectivity index (χ4n) is 9.74. The number of fused-ring (bicyclic) bond motifs is 7. The van der Waals surface area contributed by atoms with Crippen LogP contribution in [-0.2, 0) is 5.41 Å². The summed E-state index contributed by atoms with van der Waals surface area (Å²) < 4.78 is 2.59. The summed E-state index contributed by atoms with van der Waals surface area (Å²) in [6, 6.07) is 75.0. The van der Waals surface area contributed by atoms with Gasteiger partial charge in [0.25, 0.3) is 0 Å². The summed E-state index contributed by atoms with van der Waals surface area (Å²) in [5, 5.41) is 5.02. The highest BCUT2D eigenvalue weighted by Crippen LogP contribution is 2.50. The van der Waals surface area contributed by atoms with Crippen molar-refractivity contribution in [3.05, 3.63) is 217 Å². The van der Waals surface area contributed by atoms with Gasteiger partial charge < -0.3 is 0 Å². The van der Waals surface area contributed by atoms with Gasteiger partial charge in [-0.3, -0.25) is 0 Å². The van der Waals surface area contributed by atoms with Crippen molar-refractivity contribution >= 4 is 42.3 Å². The molecular formula is C59H40N2S. The van der Waals surface area contributed by atoms with E-state index in [-0.39, 0.29) is 5.41 Å². The molecule has 11 aromatic rings. The lowest BCUT2D eigenvalue weighted by Crippen LogP contribution is -2.14. The maximum Gasteiger partial charge on any atom is 0.160 e. The minimum absolute atomic E-state index is 0.0758. The van der Waals surface area contributed by atoms with E-state index in [0.29, 0.717) is 5.82 Å². The molecule has 2 aromatic heterocycles. The van der Waals surface area contributed by atoms with E-state index in [0.717, 1.165) is 44.8 Å². The van der Waals surface area contributed by atoms with Crippen LogP contribution < -0.4 is 0 Å². The van der Waals surface area contributed by atoms with Gasteiger partial charge in [0.1, 0.15) is 0 Å². The van der Waals surface area contributed by atoms with E-state index < -0.39 is 0 Å². The first-order valence-electron chi connectivity index (χ1n) is 21.3. The Kier molecular flexibility index (Phi) is 8.41. The molecule has 0 fully saturated rings. The molecule has 292 valence electrons. The molecule has 1 aliphatic carbocycles. The van der Waals surface area contributed by atoms with Crippen LogP contribution in [0.4, 0.5) is 0 Å². The number of benzene rings is 9. The van der Waals surface area contributed by atoms with E-state index in [9.17, 15) is 0 Å². The first-order valence-corrected chi connectivity index (χ1v) is 22.1. The van der Waals surface area contributed by atoms with Crippen LogP contribution in [0.2, 0.25) is 0 Å². The topological polar surface area (TPSA) is 25.8 Å². The predicted molar refractivity (Wildman–Crippen MR) is 263 cm³/mol. The van der Waals surface area contributed by atoms with Crippen LogP contribution in [0, 0.1) is 0 Å². The van der Waals surface area contributed by atoms with Crippen molar-refractivity contribution < 1.29 is 0 Å². The number of nitrogens with zero attached hydrogens (tertiary/aromatic N) is 2. The third kappa shape index (κ3) is 6.00. The summed E-state index contributed by atoms with van der Waals surface area (Å²) in [6.07, 6.45) is 0. The van der Waals surface area contributed by atoms with Crippen LogP contribution in [0.1, 0.15) is 25.0 Å². The number of hydrogen-bond acceptors (Lipinski definition) is 3. The minimum Gasteiger partial charge on any atom is -0.228 e. The van der Waals surface area contributed by atoms with Gasteiger partial charge in [0.05, 0.1) is 11.4 Å². The SMILES string of the molecule is CC1(C)c2ccccc2-c2ccc(-c3cccc(-c4cc(-c5cc(-c6cccc7ccccc67)cc(-c6cccc7c6sc6ccccc67)c5)nc(-c5ccccc5)n4)c3)cc21. The van der Waals surface area contributed by atoms with Crippen molar-refractivity contribution in [3.63, 3.8) is 0 Å². The highest BCUT2D eigenvalue weighted by atomic mass is 32.1. The lowest BCUT2D eigenvalue weighted by atomic mass is 9.81. The molecule has 0 N–H and O–H groups in total. The van der Waals surface area contributed by atoms with E-state index in [1.54, 1.807) is 0 Å². The van der Waals surface area contributed by atoms with Crippen LogP contribution in [0.15, 0.2) is 206 Å². The molecule has 12 rings (SSSR count). The second-order valence-corrected chi connectivity index (χ2v) is 18.0. The molecule has 2 heterocycles. The lowest BCUT2D eigenvalue weighted by molar-refractivity contribution is 0.660. The summed E-state index contributed by atoms with van der Waals surface area (Å²) >= 11 is 1.87. The molecule has 0 unspecified atom stereocenters. The lowest BCUT2D eigenvalue weighted by Gasteiger charge is -2.22. The van der Waals surface area contributed by atoms with Crippen molar-refractivity contribution in [3.8, 4) is 78.4 Å². The highest BCUT2D eigenvalue weighted by Gasteiger charge is 2.35. The molecular weight excluding hydrogens is 769 g/mol. The Morgan fingerprint density at radius 2 is 0.919 bits per heavy atom. The van der Waals surface area contributed by atoms with Gasteiger partial charge in [-0.2, -0.15) is 0 Å². The Balaban J connectivity index is 1.05. The summed E-state index contributed by atoms with van der Waals surface area (Å²) in [6.45, 7) is 4.68. The van der Waals surface area contributed by atoms with Gasteiger partial charge in [-0.05, 0) is 109 Å². The predicted octanol–water partition coefficient (Wildman–Crippen LogP) is 16.3. The molecule has 2 nitrogen and oxygen atoms in total. The van der Waals surface area contributed by atoms with Gasteiger partial charge in [0.2, 0.25) is 0 Å². The average molecular weight is 809 g/mol. The molecule has 0 radical (unpaired) electrons. The van der Waals surface area contributed by atoms with Crippen molar-refractivity contribution in [1.82, 2.24) is 9.97 Å². The Bertz CT molecular complexity index is 3550. The summed E-state index contributed by atoms with van der Waals surface area (Å²) in [5.41, 5.74) is 17.3. The smallest absolute Gasteiger partial charge is 0.160 e. The van der Waals surface area contributed by atoms with Crippen molar-refractivity contribution in [1.29, 1.82) is 0 Å². The van der Waals surface area contributed by atoms with Gasteiger partial charge in [-0.15, -0.1) is 11.3 Å². The van der Waals surface area contributed by atoms with Gasteiger partial charge >= 0.3 is 0 Å². The summed E-state index contributed by atoms with van der Waals surface area (Å²) in [5.74, 6) is 0.698. The highest BCUT2D eigenvalue weighted by molar-refractivity contribution is 7.26. The molecule has 0 spiro atoms. The van der Waals surface area contributed by atoms with Crippen molar-refractivity contribution in [2.24, 2.45) is 0 Å². The standard InChI is InChI=1S/C59H40N2S/c1-59(2)52-27-10-8-22-48(52)49-30-29-40(35-53(49)59)39-19-12-20-41(31-39)54-36-55(61-58(60-54)38-16-4-3-5-17-38)44-33-42(46-24-13-18-37-15-6-7-21-45(37)46)32-43(34-44)47-25-14-26-51-50-23-9-11-28-56(50)62-57(47)51/h3-36H,1-2H3. The zero-order valence-electron chi connectivity index (χ0n) is 34.4. The average Bonchev–Trinajstić information content (AvgIpc) is 3.83. The van der Waals surface area contributed by atoms with Gasteiger partial charge in [-0.25, -0.2) is 9.97 Å². The summed E-state index contributed by atoms with van der Waals surface area (Å²) in [4.78, 5) is 10.7. The van der Waals surface area contributed by atoms with E-state index in [4.69, 9.17) is 9.97 Å². The molecule has 1 aliphatic rings. The third-order valence-corrected chi connectivity index (χ3v) is 14.1. The normalized spacial score (nSPS) is 12.8. The molecule has 9 aromatic carbocycles. The molecule has 0 amide bonds. The summed E-state index contributed by atoms with van der Waals surface area (Å²) in [7, 11) is 0. The molecule has 0 aliphatic heterocycles. The first-order chi connectivity index (χ1) is 30.5. The van der Waals surface area contributed by atoms with Crippen molar-refractivity contribution in [2.75, 3.05) is 0 Å². The molecule has 62 heavy (non-hydrogen) atoms. The Morgan fingerprint density at radius 3 is 1.81 bits per heavy atom. The van der Waals surface area contributed by atoms with Crippen LogP contribution in [-0.4, -0.2) is 9.97 Å². The Hall–Kier alpha value is -7.46. The molecule has 0 atom stereocenters. The van der Waals surface area contributed by atoms with E-state index in [1.807, 2.05) is 17.4 Å². The molecule has 3 heteroatoms. The van der Waals surface area contributed by atoms with Crippen LogP contribution >= 0.6 is 11.3 Å². The van der Waals surface area contributed by atoms with Crippen LogP contribution in [0.25, 0.3) is 109 Å². The maximum atomic E-state index is 5.38. The quantitative estimate of drug-likeness (QED) is 0.167.